The number of carbonyl (C=O) groups excluding carboxylic acids is 1. The molecule has 2 atom stereocenters. The van der Waals surface area contributed by atoms with Crippen LogP contribution in [0.5, 0.6) is 0 Å². The fraction of sp³-hybridized carbons (Fsp3) is 0.750. The smallest absolute Gasteiger partial charge is 0.309 e. The lowest BCUT2D eigenvalue weighted by Gasteiger charge is -2.06. The highest BCUT2D eigenvalue weighted by Crippen LogP contribution is 2.25. The molecule has 1 aliphatic rings. The van der Waals surface area contributed by atoms with Gasteiger partial charge < -0.3 is 10.5 Å². The average Bonchev–Trinajstić information content (AvgIpc) is 2.43. The van der Waals surface area contributed by atoms with Crippen molar-refractivity contribution in [3.8, 4) is 0 Å². The Morgan fingerprint density at radius 1 is 1.79 bits per heavy atom. The largest absolute Gasteiger partial charge is 0.461 e. The minimum atomic E-state index is -0.100. The number of amidine groups is 1. The van der Waals surface area contributed by atoms with Gasteiger partial charge in [-0.1, -0.05) is 18.7 Å². The number of halogens is 1. The molecule has 1 heterocycles. The number of hydrogen-bond donors (Lipinski definition) is 2. The Bertz CT molecular complexity index is 225. The molecule has 1 fully saturated rings. The van der Waals surface area contributed by atoms with Gasteiger partial charge in [0.1, 0.15) is 6.10 Å². The molecule has 0 aromatic rings. The molecule has 14 heavy (non-hydrogen) atoms. The molecule has 82 valence electrons. The van der Waals surface area contributed by atoms with Crippen molar-refractivity contribution in [2.24, 2.45) is 11.7 Å². The van der Waals surface area contributed by atoms with Gasteiger partial charge in [0.25, 0.3) is 0 Å². The Kier molecular flexibility index (Phi) is 6.19. The predicted molar refractivity (Wildman–Crippen MR) is 63.0 cm³/mol. The van der Waals surface area contributed by atoms with Crippen molar-refractivity contribution in [1.82, 2.24) is 0 Å². The third-order valence-corrected chi connectivity index (χ3v) is 2.93. The van der Waals surface area contributed by atoms with Crippen LogP contribution < -0.4 is 5.73 Å². The summed E-state index contributed by atoms with van der Waals surface area (Å²) < 4.78 is 5.10. The number of esters is 1. The summed E-state index contributed by atoms with van der Waals surface area (Å²) in [7, 11) is 0. The van der Waals surface area contributed by atoms with Crippen molar-refractivity contribution in [1.29, 1.82) is 5.41 Å². The van der Waals surface area contributed by atoms with E-state index in [4.69, 9.17) is 15.9 Å². The van der Waals surface area contributed by atoms with Crippen molar-refractivity contribution < 1.29 is 9.53 Å². The number of thioether (sulfide) groups is 1. The summed E-state index contributed by atoms with van der Waals surface area (Å²) in [4.78, 5) is 11.1. The zero-order valence-corrected chi connectivity index (χ0v) is 10.5. The first-order valence-corrected chi connectivity index (χ1v) is 5.29. The zero-order valence-electron chi connectivity index (χ0n) is 7.99. The van der Waals surface area contributed by atoms with Crippen LogP contribution in [0.3, 0.4) is 0 Å². The molecule has 0 radical (unpaired) electrons. The molecule has 0 saturated carbocycles. The molecule has 1 saturated heterocycles. The minimum absolute atomic E-state index is 0. The molecule has 0 aromatic heterocycles. The third-order valence-electron chi connectivity index (χ3n) is 2.08. The molecule has 0 aliphatic carbocycles. The number of rotatable bonds is 3. The lowest BCUT2D eigenvalue weighted by Crippen LogP contribution is -2.14. The molecular weight excluding hydrogens is 268 g/mol. The van der Waals surface area contributed by atoms with Crippen molar-refractivity contribution in [3.63, 3.8) is 0 Å². The lowest BCUT2D eigenvalue weighted by atomic mass is 10.0. The van der Waals surface area contributed by atoms with E-state index in [2.05, 4.69) is 0 Å². The standard InChI is InChI=1S/C8H14N2O2S.BrH/c1-2-5-3-6(12-7(5)11)4-13-8(9)10;/h5-6H,2-4H2,1H3,(H3,9,10);1H. The Balaban J connectivity index is 0.00000169. The van der Waals surface area contributed by atoms with Gasteiger partial charge in [-0.3, -0.25) is 10.2 Å². The van der Waals surface area contributed by atoms with E-state index in [1.54, 1.807) is 0 Å². The van der Waals surface area contributed by atoms with Gasteiger partial charge in [0, 0.05) is 5.75 Å². The van der Waals surface area contributed by atoms with E-state index in [0.29, 0.717) is 5.75 Å². The number of nitrogens with one attached hydrogen (secondary N) is 1. The highest BCUT2D eigenvalue weighted by Gasteiger charge is 2.32. The molecule has 0 amide bonds. The normalized spacial score (nSPS) is 25.4. The van der Waals surface area contributed by atoms with E-state index in [9.17, 15) is 4.79 Å². The topological polar surface area (TPSA) is 76.2 Å². The summed E-state index contributed by atoms with van der Waals surface area (Å²) in [6.07, 6.45) is 1.56. The van der Waals surface area contributed by atoms with E-state index in [-0.39, 0.29) is 40.1 Å². The molecule has 6 heteroatoms. The predicted octanol–water partition coefficient (Wildman–Crippen LogP) is 1.53. The van der Waals surface area contributed by atoms with Crippen LogP contribution >= 0.6 is 28.7 Å². The zero-order chi connectivity index (χ0) is 9.84. The molecule has 4 nitrogen and oxygen atoms in total. The fourth-order valence-corrected chi connectivity index (χ4v) is 1.91. The molecule has 0 bridgehead atoms. The third kappa shape index (κ3) is 3.88. The Morgan fingerprint density at radius 3 is 2.86 bits per heavy atom. The summed E-state index contributed by atoms with van der Waals surface area (Å²) in [5, 5.41) is 7.08. The Morgan fingerprint density at radius 2 is 2.43 bits per heavy atom. The summed E-state index contributed by atoms with van der Waals surface area (Å²) in [5.41, 5.74) is 5.18. The van der Waals surface area contributed by atoms with E-state index in [0.717, 1.165) is 12.8 Å². The van der Waals surface area contributed by atoms with Crippen molar-refractivity contribution in [3.05, 3.63) is 0 Å². The highest BCUT2D eigenvalue weighted by atomic mass is 79.9. The number of nitrogens with two attached hydrogens (primary N) is 1. The number of hydrogen-bond acceptors (Lipinski definition) is 4. The molecule has 0 aromatic carbocycles. The van der Waals surface area contributed by atoms with Crippen molar-refractivity contribution in [2.45, 2.75) is 25.9 Å². The van der Waals surface area contributed by atoms with Gasteiger partial charge in [-0.05, 0) is 12.8 Å². The maximum absolute atomic E-state index is 11.1. The lowest BCUT2D eigenvalue weighted by molar-refractivity contribution is -0.143. The SMILES string of the molecule is Br.CCC1CC(CSC(=N)N)OC1=O. The van der Waals surface area contributed by atoms with E-state index >= 15 is 0 Å². The fourth-order valence-electron chi connectivity index (χ4n) is 1.34. The van der Waals surface area contributed by atoms with Gasteiger partial charge in [-0.25, -0.2) is 0 Å². The molecule has 1 rings (SSSR count). The van der Waals surface area contributed by atoms with Crippen LogP contribution in [-0.2, 0) is 9.53 Å². The maximum Gasteiger partial charge on any atom is 0.309 e. The first-order valence-electron chi connectivity index (χ1n) is 4.30. The van der Waals surface area contributed by atoms with Gasteiger partial charge in [-0.2, -0.15) is 0 Å². The van der Waals surface area contributed by atoms with E-state index in [1.807, 2.05) is 6.92 Å². The van der Waals surface area contributed by atoms with Crippen LogP contribution in [0, 0.1) is 11.3 Å². The minimum Gasteiger partial charge on any atom is -0.461 e. The summed E-state index contributed by atoms with van der Waals surface area (Å²) in [5.74, 6) is 0.562. The second kappa shape index (κ2) is 6.29. The molecule has 3 N–H and O–H groups in total. The van der Waals surface area contributed by atoms with Gasteiger partial charge in [0.05, 0.1) is 5.92 Å². The Hall–Kier alpha value is -0.230. The Labute approximate surface area is 98.2 Å². The summed E-state index contributed by atoms with van der Waals surface area (Å²) in [6, 6.07) is 0. The quantitative estimate of drug-likeness (QED) is 0.468. The molecular formula is C8H15BrN2O2S. The second-order valence-electron chi connectivity index (χ2n) is 3.08. The average molecular weight is 283 g/mol. The molecule has 0 spiro atoms. The first kappa shape index (κ1) is 13.8. The van der Waals surface area contributed by atoms with Crippen LogP contribution in [0.25, 0.3) is 0 Å². The van der Waals surface area contributed by atoms with Crippen molar-refractivity contribution >= 4 is 39.9 Å². The second-order valence-corrected chi connectivity index (χ2v) is 4.14. The van der Waals surface area contributed by atoms with Crippen LogP contribution in [0.1, 0.15) is 19.8 Å². The van der Waals surface area contributed by atoms with Crippen LogP contribution in [0.4, 0.5) is 0 Å². The number of cyclic esters (lactones) is 1. The van der Waals surface area contributed by atoms with Gasteiger partial charge in [0.2, 0.25) is 0 Å². The number of carbonyl (C=O) groups is 1. The summed E-state index contributed by atoms with van der Waals surface area (Å²) in [6.45, 7) is 1.98. The van der Waals surface area contributed by atoms with E-state index in [1.165, 1.54) is 11.8 Å². The maximum atomic E-state index is 11.1. The van der Waals surface area contributed by atoms with Gasteiger partial charge >= 0.3 is 5.97 Å². The monoisotopic (exact) mass is 282 g/mol. The highest BCUT2D eigenvalue weighted by molar-refractivity contribution is 8.93. The summed E-state index contributed by atoms with van der Waals surface area (Å²) >= 11 is 1.23. The molecule has 1 aliphatic heterocycles. The number of ether oxygens (including phenoxy) is 1. The van der Waals surface area contributed by atoms with Crippen LogP contribution in [0.15, 0.2) is 0 Å². The molecule has 2 unspecified atom stereocenters. The van der Waals surface area contributed by atoms with Crippen LogP contribution in [0.2, 0.25) is 0 Å². The van der Waals surface area contributed by atoms with Crippen LogP contribution in [-0.4, -0.2) is 23.0 Å². The van der Waals surface area contributed by atoms with E-state index < -0.39 is 0 Å². The first-order chi connectivity index (χ1) is 6.13. The van der Waals surface area contributed by atoms with Gasteiger partial charge in [-0.15, -0.1) is 17.0 Å². The van der Waals surface area contributed by atoms with Crippen molar-refractivity contribution in [2.75, 3.05) is 5.75 Å². The van der Waals surface area contributed by atoms with Gasteiger partial charge in [0.15, 0.2) is 5.17 Å².